The molecule has 0 bridgehead atoms. The van der Waals surface area contributed by atoms with Crippen molar-refractivity contribution in [1.82, 2.24) is 10.3 Å². The van der Waals surface area contributed by atoms with Gasteiger partial charge in [-0.15, -0.1) is 11.3 Å². The maximum absolute atomic E-state index is 5.72. The molecule has 1 saturated heterocycles. The Kier molecular flexibility index (Phi) is 4.02. The van der Waals surface area contributed by atoms with E-state index in [0.717, 1.165) is 35.4 Å². The maximum Gasteiger partial charge on any atom is 0.123 e. The zero-order valence-corrected chi connectivity index (χ0v) is 10.7. The van der Waals surface area contributed by atoms with Crippen LogP contribution in [0.3, 0.4) is 0 Å². The predicted molar refractivity (Wildman–Crippen MR) is 65.6 cm³/mol. The molecule has 2 rings (SSSR count). The molecule has 1 N–H and O–H groups in total. The summed E-state index contributed by atoms with van der Waals surface area (Å²) in [4.78, 5) is 5.92. The van der Waals surface area contributed by atoms with E-state index in [2.05, 4.69) is 17.2 Å². The fraction of sp³-hybridized carbons (Fsp3) is 0.700. The van der Waals surface area contributed by atoms with Crippen LogP contribution < -0.4 is 5.32 Å². The van der Waals surface area contributed by atoms with Crippen LogP contribution in [0, 0.1) is 6.92 Å². The van der Waals surface area contributed by atoms with Crippen LogP contribution in [-0.4, -0.2) is 30.1 Å². The molecule has 0 aliphatic carbocycles. The van der Waals surface area contributed by atoms with E-state index in [-0.39, 0.29) is 6.10 Å². The van der Waals surface area contributed by atoms with Crippen molar-refractivity contribution < 1.29 is 4.74 Å². The smallest absolute Gasteiger partial charge is 0.123 e. The lowest BCUT2D eigenvalue weighted by atomic mass is 10.4. The molecule has 1 aliphatic rings. The molecular formula is C10H16N2OS2. The Morgan fingerprint density at radius 2 is 2.47 bits per heavy atom. The number of aromatic nitrogens is 1. The van der Waals surface area contributed by atoms with Crippen molar-refractivity contribution in [2.75, 3.05) is 25.2 Å². The van der Waals surface area contributed by atoms with Gasteiger partial charge in [-0.3, -0.25) is 0 Å². The van der Waals surface area contributed by atoms with Crippen LogP contribution in [0.4, 0.5) is 0 Å². The number of ether oxygens (including phenoxy) is 1. The van der Waals surface area contributed by atoms with Crippen LogP contribution >= 0.6 is 23.1 Å². The fourth-order valence-corrected chi connectivity index (χ4v) is 3.63. The zero-order chi connectivity index (χ0) is 10.7. The number of thiazole rings is 1. The minimum atomic E-state index is 0.220. The molecule has 1 fully saturated rings. The Balaban J connectivity index is 2.10. The lowest BCUT2D eigenvalue weighted by Crippen LogP contribution is -2.15. The van der Waals surface area contributed by atoms with E-state index in [1.165, 1.54) is 4.88 Å². The van der Waals surface area contributed by atoms with Crippen LogP contribution in [0.25, 0.3) is 0 Å². The highest BCUT2D eigenvalue weighted by Gasteiger charge is 2.20. The molecule has 84 valence electrons. The summed E-state index contributed by atoms with van der Waals surface area (Å²) in [6.07, 6.45) is 0.220. The number of nitrogens with zero attached hydrogens (tertiary/aromatic N) is 1. The Hall–Kier alpha value is -0.100. The highest BCUT2D eigenvalue weighted by atomic mass is 32.2. The van der Waals surface area contributed by atoms with Crippen molar-refractivity contribution in [3.8, 4) is 0 Å². The van der Waals surface area contributed by atoms with Gasteiger partial charge in [-0.2, -0.15) is 11.8 Å². The Morgan fingerprint density at radius 1 is 1.60 bits per heavy atom. The molecule has 15 heavy (non-hydrogen) atoms. The number of hydrogen-bond acceptors (Lipinski definition) is 5. The molecule has 1 aromatic rings. The van der Waals surface area contributed by atoms with Gasteiger partial charge in [0, 0.05) is 22.9 Å². The molecule has 2 heterocycles. The van der Waals surface area contributed by atoms with Crippen molar-refractivity contribution in [3.63, 3.8) is 0 Å². The SMILES string of the molecule is CNCc1sc(C2CSCCO2)nc1C. The summed E-state index contributed by atoms with van der Waals surface area (Å²) in [6.45, 7) is 3.83. The van der Waals surface area contributed by atoms with Gasteiger partial charge in [0.1, 0.15) is 11.1 Å². The minimum Gasteiger partial charge on any atom is -0.369 e. The van der Waals surface area contributed by atoms with E-state index < -0.39 is 0 Å². The third kappa shape index (κ3) is 2.72. The van der Waals surface area contributed by atoms with Gasteiger partial charge in [-0.05, 0) is 14.0 Å². The van der Waals surface area contributed by atoms with Crippen LogP contribution in [0.1, 0.15) is 21.7 Å². The number of aryl methyl sites for hydroxylation is 1. The second kappa shape index (κ2) is 5.30. The summed E-state index contributed by atoms with van der Waals surface area (Å²) < 4.78 is 5.72. The summed E-state index contributed by atoms with van der Waals surface area (Å²) in [7, 11) is 1.96. The second-order valence-electron chi connectivity index (χ2n) is 3.53. The van der Waals surface area contributed by atoms with Crippen molar-refractivity contribution in [2.24, 2.45) is 0 Å². The molecule has 1 unspecified atom stereocenters. The number of hydrogen-bond donors (Lipinski definition) is 1. The van der Waals surface area contributed by atoms with E-state index >= 15 is 0 Å². The quantitative estimate of drug-likeness (QED) is 0.881. The molecule has 5 heteroatoms. The summed E-state index contributed by atoms with van der Waals surface area (Å²) in [5.41, 5.74) is 1.14. The third-order valence-corrected chi connectivity index (χ3v) is 4.58. The third-order valence-electron chi connectivity index (χ3n) is 2.34. The lowest BCUT2D eigenvalue weighted by molar-refractivity contribution is 0.0754. The number of rotatable bonds is 3. The predicted octanol–water partition coefficient (Wildman–Crippen LogP) is 1.98. The standard InChI is InChI=1S/C10H16N2OS2/c1-7-9(5-11-2)15-10(12-7)8-6-14-4-3-13-8/h8,11H,3-6H2,1-2H3. The first kappa shape index (κ1) is 11.4. The van der Waals surface area contributed by atoms with Gasteiger partial charge in [0.15, 0.2) is 0 Å². The van der Waals surface area contributed by atoms with Gasteiger partial charge in [0.2, 0.25) is 0 Å². The van der Waals surface area contributed by atoms with Gasteiger partial charge >= 0.3 is 0 Å². The maximum atomic E-state index is 5.72. The van der Waals surface area contributed by atoms with Crippen molar-refractivity contribution in [3.05, 3.63) is 15.6 Å². The highest BCUT2D eigenvalue weighted by Crippen LogP contribution is 2.31. The van der Waals surface area contributed by atoms with Gasteiger partial charge in [-0.1, -0.05) is 0 Å². The molecule has 1 atom stereocenters. The minimum absolute atomic E-state index is 0.220. The zero-order valence-electron chi connectivity index (χ0n) is 9.08. The molecule has 0 aromatic carbocycles. The molecule has 3 nitrogen and oxygen atoms in total. The molecule has 1 aliphatic heterocycles. The van der Waals surface area contributed by atoms with Crippen molar-refractivity contribution in [1.29, 1.82) is 0 Å². The highest BCUT2D eigenvalue weighted by molar-refractivity contribution is 7.99. The monoisotopic (exact) mass is 244 g/mol. The van der Waals surface area contributed by atoms with E-state index in [1.807, 2.05) is 18.8 Å². The first-order valence-electron chi connectivity index (χ1n) is 5.11. The van der Waals surface area contributed by atoms with E-state index in [9.17, 15) is 0 Å². The molecule has 0 spiro atoms. The summed E-state index contributed by atoms with van der Waals surface area (Å²) in [5, 5.41) is 4.31. The van der Waals surface area contributed by atoms with E-state index in [0.29, 0.717) is 0 Å². The van der Waals surface area contributed by atoms with Gasteiger partial charge in [0.05, 0.1) is 12.3 Å². The van der Waals surface area contributed by atoms with Gasteiger partial charge < -0.3 is 10.1 Å². The second-order valence-corrected chi connectivity index (χ2v) is 5.79. The average Bonchev–Trinajstić information content (AvgIpc) is 2.63. The van der Waals surface area contributed by atoms with Crippen molar-refractivity contribution in [2.45, 2.75) is 19.6 Å². The summed E-state index contributed by atoms with van der Waals surface area (Å²) in [6, 6.07) is 0. The first-order chi connectivity index (χ1) is 7.31. The molecular weight excluding hydrogens is 228 g/mol. The Bertz CT molecular complexity index is 321. The average molecular weight is 244 g/mol. The summed E-state index contributed by atoms with van der Waals surface area (Å²) in [5.74, 6) is 2.16. The van der Waals surface area contributed by atoms with E-state index in [1.54, 1.807) is 11.3 Å². The molecule has 0 saturated carbocycles. The Labute approximate surface area is 98.6 Å². The van der Waals surface area contributed by atoms with E-state index in [4.69, 9.17) is 4.74 Å². The lowest BCUT2D eigenvalue weighted by Gasteiger charge is -2.19. The molecule has 1 aromatic heterocycles. The first-order valence-corrected chi connectivity index (χ1v) is 7.08. The normalized spacial score (nSPS) is 21.9. The van der Waals surface area contributed by atoms with Crippen LogP contribution in [0.5, 0.6) is 0 Å². The van der Waals surface area contributed by atoms with Crippen LogP contribution in [0.2, 0.25) is 0 Å². The topological polar surface area (TPSA) is 34.1 Å². The van der Waals surface area contributed by atoms with Crippen molar-refractivity contribution >= 4 is 23.1 Å². The van der Waals surface area contributed by atoms with Crippen LogP contribution in [0.15, 0.2) is 0 Å². The Morgan fingerprint density at radius 3 is 3.13 bits per heavy atom. The summed E-state index contributed by atoms with van der Waals surface area (Å²) >= 11 is 3.73. The number of thioether (sulfide) groups is 1. The molecule has 0 radical (unpaired) electrons. The van der Waals surface area contributed by atoms with Gasteiger partial charge in [-0.25, -0.2) is 4.98 Å². The molecule has 0 amide bonds. The fourth-order valence-electron chi connectivity index (χ4n) is 1.54. The van der Waals surface area contributed by atoms with Crippen LogP contribution in [-0.2, 0) is 11.3 Å². The number of nitrogens with one attached hydrogen (secondary N) is 1. The van der Waals surface area contributed by atoms with Gasteiger partial charge in [0.25, 0.3) is 0 Å². The largest absolute Gasteiger partial charge is 0.369 e.